The van der Waals surface area contributed by atoms with Crippen LogP contribution in [0.1, 0.15) is 43.7 Å². The summed E-state index contributed by atoms with van der Waals surface area (Å²) in [5.74, 6) is 0.638. The Bertz CT molecular complexity index is 742. The first-order chi connectivity index (χ1) is 12.5. The maximum Gasteiger partial charge on any atom is 0.228 e. The van der Waals surface area contributed by atoms with Gasteiger partial charge >= 0.3 is 0 Å². The van der Waals surface area contributed by atoms with Gasteiger partial charge < -0.3 is 5.32 Å². The first kappa shape index (κ1) is 18.9. The van der Waals surface area contributed by atoms with E-state index < -0.39 is 0 Å². The number of amides is 1. The van der Waals surface area contributed by atoms with Crippen LogP contribution in [0.3, 0.4) is 0 Å². The SMILES string of the molecule is CC(C)c1ccc(NC(=O)C2CCCN(Cc3ccccc3Cl)C2)cc1. The van der Waals surface area contributed by atoms with Gasteiger partial charge in [-0.2, -0.15) is 0 Å². The summed E-state index contributed by atoms with van der Waals surface area (Å²) in [6, 6.07) is 16.1. The number of carbonyl (C=O) groups is 1. The summed E-state index contributed by atoms with van der Waals surface area (Å²) >= 11 is 6.28. The zero-order valence-electron chi connectivity index (χ0n) is 15.5. The number of hydrogen-bond donors (Lipinski definition) is 1. The Morgan fingerprint density at radius 1 is 1.19 bits per heavy atom. The number of piperidine rings is 1. The molecule has 1 N–H and O–H groups in total. The topological polar surface area (TPSA) is 32.3 Å². The number of anilines is 1. The van der Waals surface area contributed by atoms with Crippen LogP contribution in [0.4, 0.5) is 5.69 Å². The summed E-state index contributed by atoms with van der Waals surface area (Å²) in [6.45, 7) is 6.93. The lowest BCUT2D eigenvalue weighted by Crippen LogP contribution is -2.40. The lowest BCUT2D eigenvalue weighted by Gasteiger charge is -2.32. The highest BCUT2D eigenvalue weighted by molar-refractivity contribution is 6.31. The molecule has 1 unspecified atom stereocenters. The molecule has 1 aliphatic rings. The van der Waals surface area contributed by atoms with Crippen molar-refractivity contribution in [2.45, 2.75) is 39.2 Å². The van der Waals surface area contributed by atoms with E-state index in [4.69, 9.17) is 11.6 Å². The standard InChI is InChI=1S/C22H27ClN2O/c1-16(2)17-9-11-20(12-10-17)24-22(26)19-7-5-13-25(15-19)14-18-6-3-4-8-21(18)23/h3-4,6,8-12,16,19H,5,7,13-15H2,1-2H3,(H,24,26). The number of benzene rings is 2. The average molecular weight is 371 g/mol. The van der Waals surface area contributed by atoms with Crippen molar-refractivity contribution in [2.24, 2.45) is 5.92 Å². The van der Waals surface area contributed by atoms with Crippen LogP contribution < -0.4 is 5.32 Å². The van der Waals surface area contributed by atoms with E-state index in [2.05, 4.69) is 42.3 Å². The molecule has 2 aromatic carbocycles. The van der Waals surface area contributed by atoms with Crippen molar-refractivity contribution in [2.75, 3.05) is 18.4 Å². The van der Waals surface area contributed by atoms with E-state index in [1.165, 1.54) is 5.56 Å². The van der Waals surface area contributed by atoms with Crippen LogP contribution in [-0.2, 0) is 11.3 Å². The van der Waals surface area contributed by atoms with E-state index in [0.29, 0.717) is 5.92 Å². The molecule has 0 aliphatic carbocycles. The fourth-order valence-corrected chi connectivity index (χ4v) is 3.67. The van der Waals surface area contributed by atoms with Gasteiger partial charge in [-0.05, 0) is 54.6 Å². The number of halogens is 1. The van der Waals surface area contributed by atoms with Crippen molar-refractivity contribution in [1.82, 2.24) is 4.90 Å². The van der Waals surface area contributed by atoms with Gasteiger partial charge in [0.15, 0.2) is 0 Å². The van der Waals surface area contributed by atoms with Crippen LogP contribution in [0.25, 0.3) is 0 Å². The quantitative estimate of drug-likeness (QED) is 0.773. The number of nitrogens with zero attached hydrogens (tertiary/aromatic N) is 1. The van der Waals surface area contributed by atoms with Gasteiger partial charge in [0.1, 0.15) is 0 Å². The monoisotopic (exact) mass is 370 g/mol. The van der Waals surface area contributed by atoms with Gasteiger partial charge in [0.05, 0.1) is 5.92 Å². The second-order valence-corrected chi connectivity index (χ2v) is 7.84. The molecule has 2 aromatic rings. The molecular formula is C22H27ClN2O. The van der Waals surface area contributed by atoms with Crippen molar-refractivity contribution < 1.29 is 4.79 Å². The van der Waals surface area contributed by atoms with Gasteiger partial charge in [-0.15, -0.1) is 0 Å². The maximum atomic E-state index is 12.7. The Kier molecular flexibility index (Phi) is 6.33. The molecule has 1 fully saturated rings. The largest absolute Gasteiger partial charge is 0.326 e. The minimum atomic E-state index is 0.0241. The Morgan fingerprint density at radius 3 is 2.62 bits per heavy atom. The Labute approximate surface area is 161 Å². The molecule has 1 heterocycles. The van der Waals surface area contributed by atoms with Gasteiger partial charge in [0, 0.05) is 23.8 Å². The molecule has 26 heavy (non-hydrogen) atoms. The highest BCUT2D eigenvalue weighted by Crippen LogP contribution is 2.24. The van der Waals surface area contributed by atoms with Gasteiger partial charge in [-0.1, -0.05) is 55.8 Å². The molecule has 1 atom stereocenters. The van der Waals surface area contributed by atoms with Crippen LogP contribution in [0.5, 0.6) is 0 Å². The van der Waals surface area contributed by atoms with Crippen LogP contribution in [0, 0.1) is 5.92 Å². The van der Waals surface area contributed by atoms with Crippen molar-refractivity contribution in [3.63, 3.8) is 0 Å². The molecule has 1 amide bonds. The van der Waals surface area contributed by atoms with Gasteiger partial charge in [0.2, 0.25) is 5.91 Å². The normalized spacial score (nSPS) is 18.1. The predicted octanol–water partition coefficient (Wildman–Crippen LogP) is 5.31. The predicted molar refractivity (Wildman–Crippen MR) is 109 cm³/mol. The van der Waals surface area contributed by atoms with Gasteiger partial charge in [0.25, 0.3) is 0 Å². The van der Waals surface area contributed by atoms with Crippen LogP contribution in [0.2, 0.25) is 5.02 Å². The molecule has 1 aliphatic heterocycles. The van der Waals surface area contributed by atoms with Crippen molar-refractivity contribution in [3.05, 3.63) is 64.7 Å². The first-order valence-corrected chi connectivity index (χ1v) is 9.77. The number of likely N-dealkylation sites (tertiary alicyclic amines) is 1. The van der Waals surface area contributed by atoms with E-state index in [-0.39, 0.29) is 11.8 Å². The summed E-state index contributed by atoms with van der Waals surface area (Å²) < 4.78 is 0. The third kappa shape index (κ3) is 4.87. The van der Waals surface area contributed by atoms with E-state index in [0.717, 1.165) is 48.7 Å². The van der Waals surface area contributed by atoms with E-state index in [1.54, 1.807) is 0 Å². The number of carbonyl (C=O) groups excluding carboxylic acids is 1. The Hall–Kier alpha value is -1.84. The van der Waals surface area contributed by atoms with E-state index >= 15 is 0 Å². The molecule has 3 nitrogen and oxygen atoms in total. The fourth-order valence-electron chi connectivity index (χ4n) is 3.48. The molecule has 0 saturated carbocycles. The Balaban J connectivity index is 1.58. The molecule has 1 saturated heterocycles. The van der Waals surface area contributed by atoms with Crippen LogP contribution in [-0.4, -0.2) is 23.9 Å². The third-order valence-corrected chi connectivity index (χ3v) is 5.44. The second kappa shape index (κ2) is 8.70. The van der Waals surface area contributed by atoms with E-state index in [1.807, 2.05) is 30.3 Å². The number of rotatable bonds is 5. The molecule has 0 spiro atoms. The summed E-state index contributed by atoms with van der Waals surface area (Å²) in [7, 11) is 0. The summed E-state index contributed by atoms with van der Waals surface area (Å²) in [5.41, 5.74) is 3.29. The molecule has 0 radical (unpaired) electrons. The van der Waals surface area contributed by atoms with Crippen molar-refractivity contribution in [1.29, 1.82) is 0 Å². The molecular weight excluding hydrogens is 344 g/mol. The van der Waals surface area contributed by atoms with Crippen LogP contribution >= 0.6 is 11.6 Å². The molecule has 4 heteroatoms. The smallest absolute Gasteiger partial charge is 0.228 e. The lowest BCUT2D eigenvalue weighted by molar-refractivity contribution is -0.121. The fraction of sp³-hybridized carbons (Fsp3) is 0.409. The zero-order valence-corrected chi connectivity index (χ0v) is 16.3. The Morgan fingerprint density at radius 2 is 1.92 bits per heavy atom. The lowest BCUT2D eigenvalue weighted by atomic mass is 9.96. The van der Waals surface area contributed by atoms with Gasteiger partial charge in [-0.25, -0.2) is 0 Å². The van der Waals surface area contributed by atoms with Crippen molar-refractivity contribution in [3.8, 4) is 0 Å². The minimum absolute atomic E-state index is 0.0241. The number of hydrogen-bond acceptors (Lipinski definition) is 2. The highest BCUT2D eigenvalue weighted by Gasteiger charge is 2.26. The number of nitrogens with one attached hydrogen (secondary N) is 1. The van der Waals surface area contributed by atoms with Crippen LogP contribution in [0.15, 0.2) is 48.5 Å². The van der Waals surface area contributed by atoms with E-state index in [9.17, 15) is 4.79 Å². The summed E-state index contributed by atoms with van der Waals surface area (Å²) in [4.78, 5) is 15.0. The highest BCUT2D eigenvalue weighted by atomic mass is 35.5. The molecule has 3 rings (SSSR count). The second-order valence-electron chi connectivity index (χ2n) is 7.43. The molecule has 0 aromatic heterocycles. The zero-order chi connectivity index (χ0) is 18.5. The average Bonchev–Trinajstić information content (AvgIpc) is 2.64. The van der Waals surface area contributed by atoms with Gasteiger partial charge in [-0.3, -0.25) is 9.69 Å². The third-order valence-electron chi connectivity index (χ3n) is 5.07. The molecule has 0 bridgehead atoms. The maximum absolute atomic E-state index is 12.7. The first-order valence-electron chi connectivity index (χ1n) is 9.39. The molecule has 138 valence electrons. The summed E-state index contributed by atoms with van der Waals surface area (Å²) in [5, 5.41) is 3.88. The van der Waals surface area contributed by atoms with Crippen molar-refractivity contribution >= 4 is 23.2 Å². The minimum Gasteiger partial charge on any atom is -0.326 e. The summed E-state index contributed by atoms with van der Waals surface area (Å²) in [6.07, 6.45) is 1.98.